The number of carbonyl (C=O) groups is 1. The molecule has 4 heterocycles. The van der Waals surface area contributed by atoms with Gasteiger partial charge in [0.25, 0.3) is 0 Å². The van der Waals surface area contributed by atoms with Crippen molar-refractivity contribution in [2.45, 2.75) is 57.5 Å². The average molecular weight is 493 g/mol. The van der Waals surface area contributed by atoms with Crippen molar-refractivity contribution in [3.05, 3.63) is 53.3 Å². The van der Waals surface area contributed by atoms with E-state index in [1.165, 1.54) is 0 Å². The van der Waals surface area contributed by atoms with E-state index in [9.17, 15) is 9.90 Å². The van der Waals surface area contributed by atoms with Crippen LogP contribution in [0.3, 0.4) is 0 Å². The van der Waals surface area contributed by atoms with Crippen LogP contribution in [0.2, 0.25) is 0 Å². The number of rotatable bonds is 6. The van der Waals surface area contributed by atoms with Gasteiger partial charge in [-0.15, -0.1) is 11.3 Å². The van der Waals surface area contributed by atoms with E-state index in [-0.39, 0.29) is 17.9 Å². The molecule has 8 nitrogen and oxygen atoms in total. The zero-order valence-electron chi connectivity index (χ0n) is 20.0. The highest BCUT2D eigenvalue weighted by Gasteiger charge is 2.30. The van der Waals surface area contributed by atoms with Crippen LogP contribution >= 0.6 is 11.3 Å². The minimum absolute atomic E-state index is 0.0530. The molecule has 0 bridgehead atoms. The first-order valence-electron chi connectivity index (χ1n) is 12.4. The van der Waals surface area contributed by atoms with Crippen molar-refractivity contribution >= 4 is 28.9 Å². The highest BCUT2D eigenvalue weighted by atomic mass is 32.1. The molecule has 5 rings (SSSR count). The van der Waals surface area contributed by atoms with E-state index in [4.69, 9.17) is 9.97 Å². The van der Waals surface area contributed by atoms with Gasteiger partial charge in [-0.2, -0.15) is 0 Å². The molecule has 35 heavy (non-hydrogen) atoms. The van der Waals surface area contributed by atoms with E-state index in [2.05, 4.69) is 15.7 Å². The summed E-state index contributed by atoms with van der Waals surface area (Å²) in [5, 5.41) is 16.0. The van der Waals surface area contributed by atoms with Gasteiger partial charge in [0.15, 0.2) is 0 Å². The van der Waals surface area contributed by atoms with Crippen molar-refractivity contribution in [2.75, 3.05) is 18.4 Å². The number of nitrogens with one attached hydrogen (secondary N) is 2. The number of amides is 1. The molecular formula is C26H32N6O2S. The van der Waals surface area contributed by atoms with Crippen LogP contribution in [0.15, 0.2) is 42.7 Å². The quantitative estimate of drug-likeness (QED) is 0.468. The van der Waals surface area contributed by atoms with Crippen LogP contribution < -0.4 is 10.7 Å². The van der Waals surface area contributed by atoms with Crippen LogP contribution in [0.4, 0.5) is 11.6 Å². The summed E-state index contributed by atoms with van der Waals surface area (Å²) in [7, 11) is 0. The molecule has 0 spiro atoms. The Balaban J connectivity index is 1.16. The van der Waals surface area contributed by atoms with Crippen LogP contribution in [-0.4, -0.2) is 50.2 Å². The number of aromatic nitrogens is 3. The number of aliphatic hydroxyl groups is 1. The summed E-state index contributed by atoms with van der Waals surface area (Å²) in [4.78, 5) is 27.6. The van der Waals surface area contributed by atoms with Gasteiger partial charge < -0.3 is 10.4 Å². The number of pyridine rings is 2. The maximum Gasteiger partial charge on any atom is 0.237 e. The van der Waals surface area contributed by atoms with Crippen molar-refractivity contribution < 1.29 is 9.90 Å². The van der Waals surface area contributed by atoms with Gasteiger partial charge in [-0.1, -0.05) is 6.07 Å². The number of thiazole rings is 1. The van der Waals surface area contributed by atoms with Crippen molar-refractivity contribution in [1.29, 1.82) is 0 Å². The van der Waals surface area contributed by atoms with Gasteiger partial charge in [-0.25, -0.2) is 20.0 Å². The molecule has 1 saturated heterocycles. The SMILES string of the molecule is Cc1ccnc(Nc2cccc(-c3cnc(C4CCC(C(=O)NN5CCC(O)CC5)CC4)s3)n2)c1. The molecule has 3 aromatic heterocycles. The van der Waals surface area contributed by atoms with Gasteiger partial charge in [0, 0.05) is 37.3 Å². The third-order valence-electron chi connectivity index (χ3n) is 6.88. The van der Waals surface area contributed by atoms with Gasteiger partial charge in [0.05, 0.1) is 21.7 Å². The molecule has 0 radical (unpaired) electrons. The molecule has 0 unspecified atom stereocenters. The Morgan fingerprint density at radius 3 is 2.63 bits per heavy atom. The van der Waals surface area contributed by atoms with E-state index in [1.54, 1.807) is 17.5 Å². The number of hydrogen-bond acceptors (Lipinski definition) is 8. The minimum Gasteiger partial charge on any atom is -0.393 e. The summed E-state index contributed by atoms with van der Waals surface area (Å²) in [6, 6.07) is 9.90. The number of anilines is 2. The smallest absolute Gasteiger partial charge is 0.237 e. The topological polar surface area (TPSA) is 103 Å². The third-order valence-corrected chi connectivity index (χ3v) is 8.06. The Kier molecular flexibility index (Phi) is 7.36. The van der Waals surface area contributed by atoms with Gasteiger partial charge in [-0.05, 0) is 75.3 Å². The molecule has 2 aliphatic rings. The predicted molar refractivity (Wildman–Crippen MR) is 137 cm³/mol. The Labute approximate surface area is 209 Å². The zero-order chi connectivity index (χ0) is 24.2. The standard InChI is InChI=1S/C26H32N6O2S/c1-17-9-12-27-24(15-17)30-23-4-2-3-21(29-23)22-16-28-26(35-22)19-7-5-18(6-8-19)25(34)31-32-13-10-20(33)11-14-32/h2-4,9,12,15-16,18-20,33H,5-8,10-11,13-14H2,1H3,(H,31,34)(H,27,29,30). The van der Waals surface area contributed by atoms with Crippen molar-refractivity contribution in [3.8, 4) is 10.6 Å². The highest BCUT2D eigenvalue weighted by molar-refractivity contribution is 7.15. The summed E-state index contributed by atoms with van der Waals surface area (Å²) < 4.78 is 0. The maximum atomic E-state index is 12.7. The van der Waals surface area contributed by atoms with Gasteiger partial charge >= 0.3 is 0 Å². The first kappa shape index (κ1) is 23.8. The van der Waals surface area contributed by atoms with Crippen molar-refractivity contribution in [2.24, 2.45) is 5.92 Å². The second-order valence-electron chi connectivity index (χ2n) is 9.56. The van der Waals surface area contributed by atoms with E-state index in [1.807, 2.05) is 48.5 Å². The lowest BCUT2D eigenvalue weighted by molar-refractivity contribution is -0.132. The van der Waals surface area contributed by atoms with E-state index in [0.29, 0.717) is 5.92 Å². The normalized spacial score (nSPS) is 21.5. The molecule has 9 heteroatoms. The summed E-state index contributed by atoms with van der Waals surface area (Å²) >= 11 is 1.70. The fraction of sp³-hybridized carbons (Fsp3) is 0.462. The van der Waals surface area contributed by atoms with Crippen LogP contribution in [0.5, 0.6) is 0 Å². The monoisotopic (exact) mass is 492 g/mol. The summed E-state index contributed by atoms with van der Waals surface area (Å²) in [6.07, 6.45) is 8.60. The molecule has 3 aromatic rings. The lowest BCUT2D eigenvalue weighted by Crippen LogP contribution is -2.49. The molecule has 184 valence electrons. The Morgan fingerprint density at radius 1 is 1.06 bits per heavy atom. The van der Waals surface area contributed by atoms with Crippen LogP contribution in [-0.2, 0) is 4.79 Å². The predicted octanol–water partition coefficient (Wildman–Crippen LogP) is 4.41. The fourth-order valence-corrected chi connectivity index (χ4v) is 5.86. The number of carbonyl (C=O) groups excluding carboxylic acids is 1. The highest BCUT2D eigenvalue weighted by Crippen LogP contribution is 2.39. The fourth-order valence-electron chi connectivity index (χ4n) is 4.80. The van der Waals surface area contributed by atoms with E-state index < -0.39 is 0 Å². The molecular weight excluding hydrogens is 460 g/mol. The third kappa shape index (κ3) is 6.04. The van der Waals surface area contributed by atoms with Crippen molar-refractivity contribution in [1.82, 2.24) is 25.4 Å². The van der Waals surface area contributed by atoms with Crippen LogP contribution in [0.1, 0.15) is 55.0 Å². The summed E-state index contributed by atoms with van der Waals surface area (Å²) in [5.74, 6) is 2.10. The molecule has 0 atom stereocenters. The minimum atomic E-state index is -0.235. The van der Waals surface area contributed by atoms with Gasteiger partial charge in [0.1, 0.15) is 11.6 Å². The lowest BCUT2D eigenvalue weighted by atomic mass is 9.82. The Bertz CT molecular complexity index is 1150. The second kappa shape index (κ2) is 10.8. The molecule has 1 saturated carbocycles. The number of aliphatic hydroxyl groups excluding tert-OH is 1. The number of nitrogens with zero attached hydrogens (tertiary/aromatic N) is 4. The second-order valence-corrected chi connectivity index (χ2v) is 10.6. The zero-order valence-corrected chi connectivity index (χ0v) is 20.8. The molecule has 3 N–H and O–H groups in total. The largest absolute Gasteiger partial charge is 0.393 e. The molecule has 2 fully saturated rings. The average Bonchev–Trinajstić information content (AvgIpc) is 3.36. The van der Waals surface area contributed by atoms with E-state index >= 15 is 0 Å². The molecule has 1 aliphatic carbocycles. The van der Waals surface area contributed by atoms with Crippen LogP contribution in [0, 0.1) is 12.8 Å². The maximum absolute atomic E-state index is 12.7. The summed E-state index contributed by atoms with van der Waals surface area (Å²) in [6.45, 7) is 3.48. The molecule has 1 aliphatic heterocycles. The van der Waals surface area contributed by atoms with Crippen LogP contribution in [0.25, 0.3) is 10.6 Å². The number of hydrogen-bond donors (Lipinski definition) is 3. The number of aryl methyl sites for hydroxylation is 1. The first-order chi connectivity index (χ1) is 17.0. The first-order valence-corrected chi connectivity index (χ1v) is 13.2. The van der Waals surface area contributed by atoms with E-state index in [0.717, 1.165) is 84.4 Å². The number of piperidine rings is 1. The summed E-state index contributed by atoms with van der Waals surface area (Å²) in [5.41, 5.74) is 5.10. The molecule has 0 aromatic carbocycles. The molecule has 1 amide bonds. The van der Waals surface area contributed by atoms with Crippen molar-refractivity contribution in [3.63, 3.8) is 0 Å². The Hall–Kier alpha value is -2.88. The van der Waals surface area contributed by atoms with Gasteiger partial charge in [-0.3, -0.25) is 10.2 Å². The Morgan fingerprint density at radius 2 is 1.86 bits per heavy atom. The lowest BCUT2D eigenvalue weighted by Gasteiger charge is -2.32. The number of hydrazine groups is 1. The van der Waals surface area contributed by atoms with Gasteiger partial charge in [0.2, 0.25) is 5.91 Å².